The molecule has 0 aliphatic carbocycles. The molecule has 0 radical (unpaired) electrons. The third-order valence-electron chi connectivity index (χ3n) is 6.70. The molecule has 3 aromatic rings. The van der Waals surface area contributed by atoms with Crippen LogP contribution in [0.2, 0.25) is 0 Å². The summed E-state index contributed by atoms with van der Waals surface area (Å²) in [6, 6.07) is 17.6. The Bertz CT molecular complexity index is 1600. The number of nitrogen functional groups attached to an aromatic ring is 1. The van der Waals surface area contributed by atoms with Crippen LogP contribution in [0.5, 0.6) is 0 Å². The second kappa shape index (κ2) is 13.6. The van der Waals surface area contributed by atoms with Crippen LogP contribution in [0.3, 0.4) is 0 Å². The van der Waals surface area contributed by atoms with E-state index in [9.17, 15) is 19.2 Å². The van der Waals surface area contributed by atoms with E-state index in [1.165, 1.54) is 35.2 Å². The predicted molar refractivity (Wildman–Crippen MR) is 164 cm³/mol. The number of nitrogens with two attached hydrogens (primary N) is 1. The third kappa shape index (κ3) is 6.35. The van der Waals surface area contributed by atoms with Crippen LogP contribution in [0, 0.1) is 0 Å². The zero-order valence-corrected chi connectivity index (χ0v) is 25.0. The van der Waals surface area contributed by atoms with E-state index in [1.54, 1.807) is 0 Å². The second-order valence-electron chi connectivity index (χ2n) is 9.41. The molecule has 2 aliphatic heterocycles. The molecule has 14 heteroatoms. The highest BCUT2D eigenvalue weighted by atomic mass is 32.2. The number of benzene rings is 2. The van der Waals surface area contributed by atoms with Gasteiger partial charge in [-0.1, -0.05) is 78.5 Å². The molecular weight excluding hydrogens is 606 g/mol. The van der Waals surface area contributed by atoms with E-state index in [-0.39, 0.29) is 22.2 Å². The molecule has 2 aliphatic rings. The van der Waals surface area contributed by atoms with E-state index in [1.807, 2.05) is 60.7 Å². The third-order valence-corrected chi connectivity index (χ3v) is 8.68. The number of esters is 2. The van der Waals surface area contributed by atoms with Crippen molar-refractivity contribution in [2.24, 2.45) is 5.16 Å². The van der Waals surface area contributed by atoms with Crippen LogP contribution in [-0.2, 0) is 33.5 Å². The summed E-state index contributed by atoms with van der Waals surface area (Å²) in [4.78, 5) is 62.4. The maximum absolute atomic E-state index is 13.8. The van der Waals surface area contributed by atoms with Crippen molar-refractivity contribution in [3.8, 4) is 0 Å². The van der Waals surface area contributed by atoms with Gasteiger partial charge in [-0.3, -0.25) is 14.5 Å². The molecule has 12 nitrogen and oxygen atoms in total. The number of anilines is 1. The summed E-state index contributed by atoms with van der Waals surface area (Å²) in [5, 5.41) is 7.47. The number of carbonyl (C=O) groups excluding carboxylic acids is 4. The van der Waals surface area contributed by atoms with E-state index in [2.05, 4.69) is 26.8 Å². The number of hydrogen-bond donors (Lipinski definition) is 2. The van der Waals surface area contributed by atoms with Crippen molar-refractivity contribution in [3.05, 3.63) is 107 Å². The molecule has 1 saturated heterocycles. The largest absolute Gasteiger partial charge is 0.466 e. The molecule has 0 unspecified atom stereocenters. The first-order valence-electron chi connectivity index (χ1n) is 13.2. The molecule has 0 bridgehead atoms. The number of aromatic nitrogens is 1. The van der Waals surface area contributed by atoms with Gasteiger partial charge in [-0.25, -0.2) is 14.6 Å². The Labute approximate surface area is 260 Å². The summed E-state index contributed by atoms with van der Waals surface area (Å²) >= 11 is 2.43. The lowest BCUT2D eigenvalue weighted by molar-refractivity contribution is -0.154. The van der Waals surface area contributed by atoms with Gasteiger partial charge in [-0.2, -0.15) is 0 Å². The number of thioether (sulfide) groups is 1. The highest BCUT2D eigenvalue weighted by Gasteiger charge is 2.54. The Hall–Kier alpha value is -4.95. The highest BCUT2D eigenvalue weighted by Crippen LogP contribution is 2.42. The lowest BCUT2D eigenvalue weighted by Gasteiger charge is -2.49. The molecule has 5 rings (SSSR count). The fourth-order valence-electron chi connectivity index (χ4n) is 4.55. The lowest BCUT2D eigenvalue weighted by Crippen LogP contribution is -2.71. The van der Waals surface area contributed by atoms with Gasteiger partial charge in [0, 0.05) is 11.1 Å². The van der Waals surface area contributed by atoms with Crippen LogP contribution in [0.1, 0.15) is 22.9 Å². The SMILES string of the molecule is C=CC1=C(C(=O)OC(c2ccccc2)c2ccccc2)N2C(=O)[C@@H](NC(=O)/C(=N\OCC(=O)OC)c3csc(N)n3)[C@H]2SC1. The summed E-state index contributed by atoms with van der Waals surface area (Å²) in [6.45, 7) is 3.28. The summed E-state index contributed by atoms with van der Waals surface area (Å²) in [7, 11) is 1.18. The molecule has 2 amide bonds. The molecule has 3 N–H and O–H groups in total. The summed E-state index contributed by atoms with van der Waals surface area (Å²) in [6.07, 6.45) is 0.799. The minimum absolute atomic E-state index is 0.0682. The molecule has 0 saturated carbocycles. The van der Waals surface area contributed by atoms with Gasteiger partial charge in [-0.05, 0) is 16.7 Å². The molecule has 44 heavy (non-hydrogen) atoms. The first kappa shape index (κ1) is 30.5. The number of fused-ring (bicyclic) bond motifs is 1. The fourth-order valence-corrected chi connectivity index (χ4v) is 6.44. The zero-order valence-electron chi connectivity index (χ0n) is 23.4. The summed E-state index contributed by atoms with van der Waals surface area (Å²) < 4.78 is 10.6. The minimum atomic E-state index is -0.998. The van der Waals surface area contributed by atoms with Crippen LogP contribution < -0.4 is 11.1 Å². The van der Waals surface area contributed by atoms with Crippen LogP contribution >= 0.6 is 23.1 Å². The number of rotatable bonds is 11. The Morgan fingerprint density at radius 1 is 1.16 bits per heavy atom. The topological polar surface area (TPSA) is 163 Å². The number of amides is 2. The maximum atomic E-state index is 13.8. The van der Waals surface area contributed by atoms with Crippen LogP contribution in [0.4, 0.5) is 5.13 Å². The quantitative estimate of drug-likeness (QED) is 0.139. The number of ether oxygens (including phenoxy) is 2. The van der Waals surface area contributed by atoms with Gasteiger partial charge in [0.25, 0.3) is 11.8 Å². The summed E-state index contributed by atoms with van der Waals surface area (Å²) in [5.41, 5.74) is 7.66. The van der Waals surface area contributed by atoms with Crippen LogP contribution in [0.25, 0.3) is 0 Å². The van der Waals surface area contributed by atoms with Crippen molar-refractivity contribution in [1.82, 2.24) is 15.2 Å². The number of nitrogens with one attached hydrogen (secondary N) is 1. The van der Waals surface area contributed by atoms with Crippen molar-refractivity contribution in [1.29, 1.82) is 0 Å². The first-order valence-corrected chi connectivity index (χ1v) is 15.1. The van der Waals surface area contributed by atoms with Crippen molar-refractivity contribution < 1.29 is 33.5 Å². The number of hydrogen-bond acceptors (Lipinski definition) is 12. The van der Waals surface area contributed by atoms with Crippen molar-refractivity contribution in [2.75, 3.05) is 25.2 Å². The van der Waals surface area contributed by atoms with Gasteiger partial charge in [-0.15, -0.1) is 23.1 Å². The zero-order chi connectivity index (χ0) is 31.2. The van der Waals surface area contributed by atoms with Gasteiger partial charge in [0.05, 0.1) is 7.11 Å². The number of thiazole rings is 1. The van der Waals surface area contributed by atoms with Crippen LogP contribution in [0.15, 0.2) is 95.1 Å². The number of carbonyl (C=O) groups is 4. The first-order chi connectivity index (χ1) is 21.3. The number of β-lactam (4-membered cyclic amide) rings is 1. The van der Waals surface area contributed by atoms with Crippen molar-refractivity contribution >= 4 is 57.7 Å². The van der Waals surface area contributed by atoms with E-state index >= 15 is 0 Å². The fraction of sp³-hybridized carbons (Fsp3) is 0.200. The predicted octanol–water partition coefficient (Wildman–Crippen LogP) is 2.79. The van der Waals surface area contributed by atoms with Gasteiger partial charge in [0.2, 0.25) is 6.61 Å². The molecule has 1 aromatic heterocycles. The molecule has 2 atom stereocenters. The van der Waals surface area contributed by atoms with Gasteiger partial charge >= 0.3 is 11.9 Å². The Morgan fingerprint density at radius 3 is 2.39 bits per heavy atom. The lowest BCUT2D eigenvalue weighted by atomic mass is 10.0. The number of methoxy groups -OCH3 is 1. The van der Waals surface area contributed by atoms with E-state index < -0.39 is 47.9 Å². The van der Waals surface area contributed by atoms with Crippen LogP contribution in [-0.4, -0.2) is 70.2 Å². The summed E-state index contributed by atoms with van der Waals surface area (Å²) in [5.74, 6) is -2.36. The minimum Gasteiger partial charge on any atom is -0.466 e. The molecule has 2 aromatic carbocycles. The molecule has 1 fully saturated rings. The standard InChI is InChI=1S/C30H27N5O7S2/c1-3-17-15-43-28-23(33-26(37)22(20-16-44-30(31)32-20)34-41-14-21(36)40-2)27(38)35(28)24(17)29(39)42-25(18-10-6-4-7-11-18)19-12-8-5-9-13-19/h3-13,16,23,25,28H,1,14-15H2,2H3,(H2,31,32)(H,33,37)/b34-22-/t23-,28-/m1/s1. The number of nitrogens with zero attached hydrogens (tertiary/aromatic N) is 3. The maximum Gasteiger partial charge on any atom is 0.356 e. The van der Waals surface area contributed by atoms with Gasteiger partial charge in [0.15, 0.2) is 16.9 Å². The smallest absolute Gasteiger partial charge is 0.356 e. The Balaban J connectivity index is 1.36. The normalized spacial score (nSPS) is 17.8. The van der Waals surface area contributed by atoms with Crippen molar-refractivity contribution in [2.45, 2.75) is 17.5 Å². The average Bonchev–Trinajstić information content (AvgIpc) is 3.49. The second-order valence-corrected chi connectivity index (χ2v) is 11.4. The van der Waals surface area contributed by atoms with E-state index in [4.69, 9.17) is 15.3 Å². The molecular formula is C30H27N5O7S2. The van der Waals surface area contributed by atoms with E-state index in [0.717, 1.165) is 22.5 Å². The highest BCUT2D eigenvalue weighted by molar-refractivity contribution is 8.00. The van der Waals surface area contributed by atoms with Gasteiger partial charge < -0.3 is 25.4 Å². The number of oxime groups is 1. The monoisotopic (exact) mass is 633 g/mol. The molecule has 226 valence electrons. The van der Waals surface area contributed by atoms with E-state index in [0.29, 0.717) is 11.3 Å². The average molecular weight is 634 g/mol. The Morgan fingerprint density at radius 2 is 1.82 bits per heavy atom. The Kier molecular flexibility index (Phi) is 9.41. The molecule has 3 heterocycles. The van der Waals surface area contributed by atoms with Gasteiger partial charge in [0.1, 0.15) is 22.8 Å². The molecule has 0 spiro atoms. The number of allylic oxidation sites excluding steroid dienone is 1. The van der Waals surface area contributed by atoms with Crippen molar-refractivity contribution in [3.63, 3.8) is 0 Å².